The number of anilines is 1. The van der Waals surface area contributed by atoms with Gasteiger partial charge in [-0.3, -0.25) is 0 Å². The number of nitrogen functional groups attached to an aromatic ring is 1. The lowest BCUT2D eigenvalue weighted by molar-refractivity contribution is 0.272. The molecule has 0 aromatic heterocycles. The van der Waals surface area contributed by atoms with Crippen molar-refractivity contribution < 1.29 is 5.11 Å². The van der Waals surface area contributed by atoms with Crippen molar-refractivity contribution in [1.29, 1.82) is 0 Å². The molecule has 0 saturated heterocycles. The summed E-state index contributed by atoms with van der Waals surface area (Å²) in [4.78, 5) is 0. The Bertz CT molecular complexity index is 255. The van der Waals surface area contributed by atoms with Gasteiger partial charge >= 0.3 is 0 Å². The van der Waals surface area contributed by atoms with E-state index < -0.39 is 0 Å². The monoisotopic (exact) mass is 149 g/mol. The van der Waals surface area contributed by atoms with Crippen LogP contribution in [-0.4, -0.2) is 11.2 Å². The van der Waals surface area contributed by atoms with Crippen molar-refractivity contribution in [2.24, 2.45) is 0 Å². The van der Waals surface area contributed by atoms with Crippen LogP contribution in [0.25, 0.3) is 0 Å². The van der Waals surface area contributed by atoms with E-state index in [-0.39, 0.29) is 6.10 Å². The Balaban J connectivity index is 2.21. The van der Waals surface area contributed by atoms with Gasteiger partial charge in [-0.25, -0.2) is 0 Å². The standard InChI is InChI=1S/C9H11NO/c10-7-3-1-6(2-4-7)8-5-9(8)11/h1-4,8-9,11H,5,10H2. The molecule has 0 bridgehead atoms. The summed E-state index contributed by atoms with van der Waals surface area (Å²) in [5.41, 5.74) is 7.50. The molecule has 2 heteroatoms. The largest absolute Gasteiger partial charge is 0.399 e. The number of benzene rings is 1. The molecule has 1 fully saturated rings. The molecule has 1 aliphatic rings. The topological polar surface area (TPSA) is 46.2 Å². The van der Waals surface area contributed by atoms with Crippen LogP contribution in [0.15, 0.2) is 24.3 Å². The Kier molecular flexibility index (Phi) is 1.36. The SMILES string of the molecule is Nc1ccc(C2CC2O)cc1. The number of hydrogen-bond acceptors (Lipinski definition) is 2. The van der Waals surface area contributed by atoms with Crippen molar-refractivity contribution in [1.82, 2.24) is 0 Å². The fourth-order valence-corrected chi connectivity index (χ4v) is 1.28. The normalized spacial score (nSPS) is 28.5. The van der Waals surface area contributed by atoms with Gasteiger partial charge in [0.05, 0.1) is 6.10 Å². The van der Waals surface area contributed by atoms with Crippen molar-refractivity contribution in [3.05, 3.63) is 29.8 Å². The van der Waals surface area contributed by atoms with Crippen LogP contribution in [0.5, 0.6) is 0 Å². The molecule has 58 valence electrons. The zero-order chi connectivity index (χ0) is 7.84. The third-order valence-corrected chi connectivity index (χ3v) is 2.12. The van der Waals surface area contributed by atoms with E-state index in [2.05, 4.69) is 0 Å². The minimum absolute atomic E-state index is 0.112. The Labute approximate surface area is 65.7 Å². The third-order valence-electron chi connectivity index (χ3n) is 2.12. The molecule has 0 radical (unpaired) electrons. The van der Waals surface area contributed by atoms with E-state index in [0.717, 1.165) is 12.1 Å². The van der Waals surface area contributed by atoms with E-state index in [1.165, 1.54) is 5.56 Å². The molecule has 2 rings (SSSR count). The first-order valence-corrected chi connectivity index (χ1v) is 3.81. The van der Waals surface area contributed by atoms with Crippen molar-refractivity contribution in [2.75, 3.05) is 5.73 Å². The maximum atomic E-state index is 9.12. The Morgan fingerprint density at radius 2 is 1.82 bits per heavy atom. The summed E-state index contributed by atoms with van der Waals surface area (Å²) in [7, 11) is 0. The number of nitrogens with two attached hydrogens (primary N) is 1. The molecule has 2 atom stereocenters. The van der Waals surface area contributed by atoms with Gasteiger partial charge in [0.25, 0.3) is 0 Å². The summed E-state index contributed by atoms with van der Waals surface area (Å²) in [5.74, 6) is 0.371. The molecule has 2 nitrogen and oxygen atoms in total. The number of rotatable bonds is 1. The van der Waals surface area contributed by atoms with Crippen molar-refractivity contribution in [3.63, 3.8) is 0 Å². The van der Waals surface area contributed by atoms with Gasteiger partial charge in [0.2, 0.25) is 0 Å². The summed E-state index contributed by atoms with van der Waals surface area (Å²) >= 11 is 0. The van der Waals surface area contributed by atoms with E-state index in [0.29, 0.717) is 5.92 Å². The molecule has 0 heterocycles. The van der Waals surface area contributed by atoms with Crippen molar-refractivity contribution in [2.45, 2.75) is 18.4 Å². The highest BCUT2D eigenvalue weighted by Gasteiger charge is 2.36. The van der Waals surface area contributed by atoms with Gasteiger partial charge in [0, 0.05) is 11.6 Å². The molecule has 11 heavy (non-hydrogen) atoms. The molecule has 0 spiro atoms. The van der Waals surface area contributed by atoms with Crippen LogP contribution in [0.1, 0.15) is 17.9 Å². The molecule has 1 aromatic rings. The van der Waals surface area contributed by atoms with Gasteiger partial charge < -0.3 is 10.8 Å². The molecular formula is C9H11NO. The molecule has 1 saturated carbocycles. The second-order valence-electron chi connectivity index (χ2n) is 3.08. The average molecular weight is 149 g/mol. The Morgan fingerprint density at radius 1 is 1.27 bits per heavy atom. The second kappa shape index (κ2) is 2.24. The van der Waals surface area contributed by atoms with Gasteiger partial charge in [-0.05, 0) is 24.1 Å². The molecule has 3 N–H and O–H groups in total. The van der Waals surface area contributed by atoms with Crippen LogP contribution in [0.2, 0.25) is 0 Å². The zero-order valence-electron chi connectivity index (χ0n) is 6.20. The maximum Gasteiger partial charge on any atom is 0.0616 e. The third kappa shape index (κ3) is 1.21. The van der Waals surface area contributed by atoms with Crippen molar-refractivity contribution in [3.8, 4) is 0 Å². The van der Waals surface area contributed by atoms with Gasteiger partial charge in [0.1, 0.15) is 0 Å². The Hall–Kier alpha value is -1.02. The second-order valence-corrected chi connectivity index (χ2v) is 3.08. The summed E-state index contributed by atoms with van der Waals surface area (Å²) in [6.45, 7) is 0. The quantitative estimate of drug-likeness (QED) is 0.588. The number of aliphatic hydroxyl groups excluding tert-OH is 1. The smallest absolute Gasteiger partial charge is 0.0616 e. The molecule has 0 amide bonds. The van der Waals surface area contributed by atoms with Gasteiger partial charge in [-0.15, -0.1) is 0 Å². The molecule has 1 aliphatic carbocycles. The molecule has 1 aromatic carbocycles. The molecule has 2 unspecified atom stereocenters. The summed E-state index contributed by atoms with van der Waals surface area (Å²) < 4.78 is 0. The fraction of sp³-hybridized carbons (Fsp3) is 0.333. The van der Waals surface area contributed by atoms with E-state index >= 15 is 0 Å². The van der Waals surface area contributed by atoms with E-state index in [1.54, 1.807) is 0 Å². The van der Waals surface area contributed by atoms with Crippen LogP contribution < -0.4 is 5.73 Å². The van der Waals surface area contributed by atoms with Crippen LogP contribution in [0.3, 0.4) is 0 Å². The average Bonchev–Trinajstić information content (AvgIpc) is 2.69. The number of aliphatic hydroxyl groups is 1. The zero-order valence-corrected chi connectivity index (χ0v) is 6.20. The highest BCUT2D eigenvalue weighted by molar-refractivity contribution is 5.41. The Morgan fingerprint density at radius 3 is 2.27 bits per heavy atom. The van der Waals surface area contributed by atoms with Gasteiger partial charge in [-0.2, -0.15) is 0 Å². The first-order valence-electron chi connectivity index (χ1n) is 3.81. The van der Waals surface area contributed by atoms with Crippen LogP contribution in [0.4, 0.5) is 5.69 Å². The van der Waals surface area contributed by atoms with Gasteiger partial charge in [0.15, 0.2) is 0 Å². The lowest BCUT2D eigenvalue weighted by Crippen LogP contribution is -1.87. The summed E-state index contributed by atoms with van der Waals surface area (Å²) in [5, 5.41) is 9.12. The summed E-state index contributed by atoms with van der Waals surface area (Å²) in [6.07, 6.45) is 0.794. The van der Waals surface area contributed by atoms with E-state index in [9.17, 15) is 0 Å². The molecule has 0 aliphatic heterocycles. The minimum atomic E-state index is -0.112. The highest BCUT2D eigenvalue weighted by atomic mass is 16.3. The predicted octanol–water partition coefficient (Wildman–Crippen LogP) is 1.12. The summed E-state index contributed by atoms with van der Waals surface area (Å²) in [6, 6.07) is 7.72. The molecular weight excluding hydrogens is 138 g/mol. The maximum absolute atomic E-state index is 9.12. The lowest BCUT2D eigenvalue weighted by Gasteiger charge is -1.97. The van der Waals surface area contributed by atoms with Crippen LogP contribution in [-0.2, 0) is 0 Å². The number of hydrogen-bond donors (Lipinski definition) is 2. The fourth-order valence-electron chi connectivity index (χ4n) is 1.28. The highest BCUT2D eigenvalue weighted by Crippen LogP contribution is 2.40. The van der Waals surface area contributed by atoms with E-state index in [4.69, 9.17) is 10.8 Å². The van der Waals surface area contributed by atoms with Gasteiger partial charge in [-0.1, -0.05) is 12.1 Å². The van der Waals surface area contributed by atoms with Crippen molar-refractivity contribution >= 4 is 5.69 Å². The van der Waals surface area contributed by atoms with Crippen LogP contribution >= 0.6 is 0 Å². The van der Waals surface area contributed by atoms with Crippen LogP contribution in [0, 0.1) is 0 Å². The van der Waals surface area contributed by atoms with E-state index in [1.807, 2.05) is 24.3 Å². The lowest BCUT2D eigenvalue weighted by atomic mass is 10.1. The first-order chi connectivity index (χ1) is 5.27. The predicted molar refractivity (Wildman–Crippen MR) is 44.2 cm³/mol. The minimum Gasteiger partial charge on any atom is -0.399 e. The first kappa shape index (κ1) is 6.68.